The Morgan fingerprint density at radius 3 is 2.46 bits per heavy atom. The maximum atomic E-state index is 12.8. The predicted molar refractivity (Wildman–Crippen MR) is 98.4 cm³/mol. The fourth-order valence-electron chi connectivity index (χ4n) is 5.28. The molecule has 0 heterocycles. The lowest BCUT2D eigenvalue weighted by molar-refractivity contribution is -0.148. The lowest BCUT2D eigenvalue weighted by Gasteiger charge is -2.51. The molecule has 136 valence electrons. The number of hydrogen-bond acceptors (Lipinski definition) is 3. The van der Waals surface area contributed by atoms with Gasteiger partial charge in [0.2, 0.25) is 0 Å². The minimum absolute atomic E-state index is 0.0151. The summed E-state index contributed by atoms with van der Waals surface area (Å²) < 4.78 is 6.97. The van der Waals surface area contributed by atoms with E-state index in [1.54, 1.807) is 0 Å². The van der Waals surface area contributed by atoms with Gasteiger partial charge >= 0.3 is 0 Å². The van der Waals surface area contributed by atoms with Crippen LogP contribution in [0.25, 0.3) is 0 Å². The summed E-state index contributed by atoms with van der Waals surface area (Å²) >= 11 is 0. The fourth-order valence-corrected chi connectivity index (χ4v) is 6.69. The van der Waals surface area contributed by atoms with Crippen molar-refractivity contribution in [2.24, 2.45) is 23.2 Å². The van der Waals surface area contributed by atoms with E-state index in [0.717, 1.165) is 25.7 Å². The van der Waals surface area contributed by atoms with Crippen molar-refractivity contribution in [3.8, 4) is 0 Å². The summed E-state index contributed by atoms with van der Waals surface area (Å²) in [5.74, 6) is 0.372. The van der Waals surface area contributed by atoms with E-state index < -0.39 is 8.32 Å². The molecule has 0 amide bonds. The summed E-state index contributed by atoms with van der Waals surface area (Å²) in [6.07, 6.45) is 5.92. The number of Topliss-reactive ketones (excluding diaryl/α,β-unsaturated/α-hetero) is 2. The highest BCUT2D eigenvalue weighted by Crippen LogP contribution is 2.60. The summed E-state index contributed by atoms with van der Waals surface area (Å²) in [5.41, 5.74) is -0.206. The molecule has 0 aromatic rings. The SMILES string of the molecule is C[C@H]1C[C@@]23CCCC[C@@H](CC(=O)[C@H]2C1=O)[C@@H]3O[Si](C)(C)C(C)(C)C. The van der Waals surface area contributed by atoms with Crippen LogP contribution in [0.4, 0.5) is 0 Å². The normalized spacial score (nSPS) is 40.4. The second-order valence-electron chi connectivity index (χ2n) is 10.1. The number of carbonyl (C=O) groups excluding carboxylic acids is 2. The summed E-state index contributed by atoms with van der Waals surface area (Å²) in [4.78, 5) is 25.6. The van der Waals surface area contributed by atoms with Crippen molar-refractivity contribution in [2.75, 3.05) is 0 Å². The van der Waals surface area contributed by atoms with Crippen LogP contribution in [0, 0.1) is 23.2 Å². The summed E-state index contributed by atoms with van der Waals surface area (Å²) in [6.45, 7) is 13.5. The van der Waals surface area contributed by atoms with Crippen LogP contribution in [0.15, 0.2) is 0 Å². The van der Waals surface area contributed by atoms with Gasteiger partial charge in [-0.05, 0) is 43.3 Å². The van der Waals surface area contributed by atoms with Crippen LogP contribution < -0.4 is 0 Å². The van der Waals surface area contributed by atoms with Crippen LogP contribution in [-0.4, -0.2) is 26.0 Å². The van der Waals surface area contributed by atoms with Gasteiger partial charge < -0.3 is 4.43 Å². The van der Waals surface area contributed by atoms with Gasteiger partial charge in [-0.15, -0.1) is 0 Å². The zero-order chi connectivity index (χ0) is 17.9. The van der Waals surface area contributed by atoms with Crippen molar-refractivity contribution in [1.29, 1.82) is 0 Å². The largest absolute Gasteiger partial charge is 0.413 e. The molecule has 3 aliphatic carbocycles. The van der Waals surface area contributed by atoms with Crippen LogP contribution in [0.3, 0.4) is 0 Å². The average molecular weight is 351 g/mol. The Morgan fingerprint density at radius 2 is 1.83 bits per heavy atom. The number of hydrogen-bond donors (Lipinski definition) is 0. The van der Waals surface area contributed by atoms with Crippen molar-refractivity contribution in [3.05, 3.63) is 0 Å². The van der Waals surface area contributed by atoms with E-state index in [4.69, 9.17) is 4.43 Å². The molecule has 3 aliphatic rings. The van der Waals surface area contributed by atoms with Crippen LogP contribution in [0.5, 0.6) is 0 Å². The first kappa shape index (κ1) is 18.3. The molecular formula is C20H34O3Si. The molecule has 24 heavy (non-hydrogen) atoms. The van der Waals surface area contributed by atoms with E-state index in [-0.39, 0.29) is 40.0 Å². The van der Waals surface area contributed by atoms with Crippen molar-refractivity contribution < 1.29 is 14.0 Å². The zero-order valence-corrected chi connectivity index (χ0v) is 17.3. The molecule has 3 fully saturated rings. The Hall–Kier alpha value is -0.483. The quantitative estimate of drug-likeness (QED) is 0.533. The standard InChI is InChI=1S/C20H34O3Si/c1-13-12-20-10-8-7-9-14(11-15(21)16(20)17(13)22)18(20)23-24(5,6)19(2,3)4/h13-14,16,18H,7-12H2,1-6H3/t13-,14-,16-,18-,20-/m0/s1. The number of fused-ring (bicyclic) bond motifs is 1. The molecule has 5 atom stereocenters. The topological polar surface area (TPSA) is 43.4 Å². The third-order valence-electron chi connectivity index (χ3n) is 7.51. The van der Waals surface area contributed by atoms with Gasteiger partial charge in [-0.2, -0.15) is 0 Å². The third kappa shape index (κ3) is 2.65. The Kier molecular flexibility index (Phi) is 4.40. The van der Waals surface area contributed by atoms with Crippen molar-refractivity contribution >= 4 is 19.9 Å². The summed E-state index contributed by atoms with van der Waals surface area (Å²) in [5, 5.41) is 0.151. The van der Waals surface area contributed by atoms with Gasteiger partial charge in [0.05, 0.1) is 12.0 Å². The Balaban J connectivity index is 2.03. The van der Waals surface area contributed by atoms with Crippen molar-refractivity contribution in [3.63, 3.8) is 0 Å². The molecule has 3 rings (SSSR count). The lowest BCUT2D eigenvalue weighted by atomic mass is 9.61. The Bertz CT molecular complexity index is 548. The van der Waals surface area contributed by atoms with Crippen LogP contribution >= 0.6 is 0 Å². The Morgan fingerprint density at radius 1 is 1.17 bits per heavy atom. The van der Waals surface area contributed by atoms with Gasteiger partial charge in [-0.25, -0.2) is 0 Å². The first-order valence-corrected chi connectivity index (χ1v) is 12.6. The number of carbonyl (C=O) groups is 2. The van der Waals surface area contributed by atoms with E-state index in [2.05, 4.69) is 33.9 Å². The van der Waals surface area contributed by atoms with Gasteiger partial charge in [0.15, 0.2) is 8.32 Å². The van der Waals surface area contributed by atoms with Gasteiger partial charge in [-0.3, -0.25) is 9.59 Å². The molecule has 0 aromatic heterocycles. The highest BCUT2D eigenvalue weighted by Gasteiger charge is 2.64. The van der Waals surface area contributed by atoms with E-state index in [9.17, 15) is 9.59 Å². The maximum Gasteiger partial charge on any atom is 0.192 e. The van der Waals surface area contributed by atoms with Crippen LogP contribution in [0.1, 0.15) is 66.2 Å². The second-order valence-corrected chi connectivity index (χ2v) is 14.9. The molecule has 1 spiro atoms. The molecule has 4 heteroatoms. The van der Waals surface area contributed by atoms with Crippen molar-refractivity contribution in [2.45, 2.75) is 90.5 Å². The van der Waals surface area contributed by atoms with E-state index >= 15 is 0 Å². The molecule has 2 bridgehead atoms. The molecule has 0 unspecified atom stereocenters. The molecule has 0 aromatic carbocycles. The predicted octanol–water partition coefficient (Wildman–Crippen LogP) is 4.75. The van der Waals surface area contributed by atoms with Gasteiger partial charge in [0.1, 0.15) is 11.6 Å². The fraction of sp³-hybridized carbons (Fsp3) is 0.900. The zero-order valence-electron chi connectivity index (χ0n) is 16.3. The molecule has 0 aliphatic heterocycles. The first-order chi connectivity index (χ1) is 11.0. The third-order valence-corrected chi connectivity index (χ3v) is 12.0. The Labute approximate surface area is 148 Å². The van der Waals surface area contributed by atoms with Gasteiger partial charge in [0.25, 0.3) is 0 Å². The van der Waals surface area contributed by atoms with E-state index in [1.165, 1.54) is 6.42 Å². The highest BCUT2D eigenvalue weighted by molar-refractivity contribution is 6.74. The number of ketones is 2. The van der Waals surface area contributed by atoms with E-state index in [1.807, 2.05) is 6.92 Å². The average Bonchev–Trinajstić information content (AvgIpc) is 2.64. The molecule has 3 nitrogen and oxygen atoms in total. The monoisotopic (exact) mass is 350 g/mol. The molecular weight excluding hydrogens is 316 g/mol. The van der Waals surface area contributed by atoms with Crippen LogP contribution in [-0.2, 0) is 14.0 Å². The number of rotatable bonds is 2. The highest BCUT2D eigenvalue weighted by atomic mass is 28.4. The minimum atomic E-state index is -1.93. The molecule has 0 N–H and O–H groups in total. The summed E-state index contributed by atoms with van der Waals surface area (Å²) in [7, 11) is -1.93. The van der Waals surface area contributed by atoms with Gasteiger partial charge in [-0.1, -0.05) is 40.5 Å². The van der Waals surface area contributed by atoms with Crippen molar-refractivity contribution in [1.82, 2.24) is 0 Å². The smallest absolute Gasteiger partial charge is 0.192 e. The molecule has 0 saturated heterocycles. The van der Waals surface area contributed by atoms with E-state index in [0.29, 0.717) is 12.3 Å². The summed E-state index contributed by atoms with van der Waals surface area (Å²) in [6, 6.07) is 0. The minimum Gasteiger partial charge on any atom is -0.413 e. The maximum absolute atomic E-state index is 12.8. The lowest BCUT2D eigenvalue weighted by Crippen LogP contribution is -2.57. The first-order valence-electron chi connectivity index (χ1n) is 9.74. The second kappa shape index (κ2) is 5.77. The molecule has 0 radical (unpaired) electrons. The molecule has 3 saturated carbocycles. The van der Waals surface area contributed by atoms with Crippen LogP contribution in [0.2, 0.25) is 18.1 Å². The van der Waals surface area contributed by atoms with Gasteiger partial charge in [0, 0.05) is 17.8 Å².